The van der Waals surface area contributed by atoms with Crippen LogP contribution in [0.15, 0.2) is 33.9 Å². The standard InChI is InChI=1S/C18H20N2O2S/c1-5-11(4)20-16(10(2)3)19-17-14(18(20)22)15(21)12-8-6-7-9-13(12)23-17/h6-11H,5H2,1-4H3/t11-/m1/s1. The Morgan fingerprint density at radius 2 is 1.87 bits per heavy atom. The SMILES string of the molecule is CC[C@@H](C)n1c(C(C)C)nc2sc3ccccc3c(=O)c2c1=O. The first kappa shape index (κ1) is 15.9. The summed E-state index contributed by atoms with van der Waals surface area (Å²) in [7, 11) is 0. The smallest absolute Gasteiger partial charge is 0.266 e. The van der Waals surface area contributed by atoms with E-state index in [0.29, 0.717) is 10.2 Å². The van der Waals surface area contributed by atoms with Gasteiger partial charge in [-0.3, -0.25) is 14.2 Å². The molecule has 120 valence electrons. The van der Waals surface area contributed by atoms with Crippen LogP contribution >= 0.6 is 11.3 Å². The van der Waals surface area contributed by atoms with E-state index in [-0.39, 0.29) is 28.3 Å². The van der Waals surface area contributed by atoms with Gasteiger partial charge in [0.2, 0.25) is 5.43 Å². The van der Waals surface area contributed by atoms with Crippen molar-refractivity contribution in [2.45, 2.75) is 46.1 Å². The topological polar surface area (TPSA) is 52.0 Å². The van der Waals surface area contributed by atoms with Gasteiger partial charge in [0.1, 0.15) is 16.0 Å². The van der Waals surface area contributed by atoms with Crippen molar-refractivity contribution in [1.82, 2.24) is 9.55 Å². The first-order valence-corrected chi connectivity index (χ1v) is 8.75. The molecule has 0 bridgehead atoms. The molecule has 2 heterocycles. The Morgan fingerprint density at radius 3 is 2.52 bits per heavy atom. The third-order valence-corrected chi connectivity index (χ3v) is 5.29. The largest absolute Gasteiger partial charge is 0.293 e. The molecule has 0 aliphatic rings. The molecule has 0 aliphatic heterocycles. The molecule has 0 radical (unpaired) electrons. The number of rotatable bonds is 3. The summed E-state index contributed by atoms with van der Waals surface area (Å²) >= 11 is 1.41. The van der Waals surface area contributed by atoms with Gasteiger partial charge in [-0.25, -0.2) is 4.98 Å². The molecule has 3 aromatic rings. The van der Waals surface area contributed by atoms with Crippen LogP contribution in [0.2, 0.25) is 0 Å². The van der Waals surface area contributed by atoms with Crippen molar-refractivity contribution in [1.29, 1.82) is 0 Å². The zero-order valence-corrected chi connectivity index (χ0v) is 14.6. The van der Waals surface area contributed by atoms with Crippen LogP contribution in [0.5, 0.6) is 0 Å². The summed E-state index contributed by atoms with van der Waals surface area (Å²) in [5.41, 5.74) is -0.417. The van der Waals surface area contributed by atoms with E-state index in [2.05, 4.69) is 0 Å². The van der Waals surface area contributed by atoms with Gasteiger partial charge in [0, 0.05) is 22.0 Å². The van der Waals surface area contributed by atoms with Crippen LogP contribution in [0.1, 0.15) is 51.9 Å². The molecule has 0 aliphatic carbocycles. The zero-order chi connectivity index (χ0) is 16.7. The Bertz CT molecular complexity index is 1000. The lowest BCUT2D eigenvalue weighted by molar-refractivity contribution is 0.475. The number of nitrogens with zero attached hydrogens (tertiary/aromatic N) is 2. The van der Waals surface area contributed by atoms with Crippen LogP contribution in [0, 0.1) is 0 Å². The van der Waals surface area contributed by atoms with Crippen molar-refractivity contribution in [2.24, 2.45) is 0 Å². The molecular weight excluding hydrogens is 308 g/mol. The molecule has 1 atom stereocenters. The third kappa shape index (κ3) is 2.49. The van der Waals surface area contributed by atoms with Gasteiger partial charge < -0.3 is 0 Å². The number of benzene rings is 1. The minimum Gasteiger partial charge on any atom is -0.293 e. The van der Waals surface area contributed by atoms with Crippen LogP contribution in [0.25, 0.3) is 20.3 Å². The van der Waals surface area contributed by atoms with Gasteiger partial charge in [-0.15, -0.1) is 11.3 Å². The van der Waals surface area contributed by atoms with Crippen LogP contribution in [0.3, 0.4) is 0 Å². The molecule has 0 saturated heterocycles. The van der Waals surface area contributed by atoms with E-state index in [1.807, 2.05) is 45.9 Å². The molecule has 4 nitrogen and oxygen atoms in total. The van der Waals surface area contributed by atoms with Crippen molar-refractivity contribution >= 4 is 31.6 Å². The minimum atomic E-state index is -0.209. The van der Waals surface area contributed by atoms with Crippen molar-refractivity contribution in [2.75, 3.05) is 0 Å². The Kier molecular flexibility index (Phi) is 4.06. The van der Waals surface area contributed by atoms with E-state index in [1.54, 1.807) is 10.6 Å². The van der Waals surface area contributed by atoms with E-state index in [4.69, 9.17) is 4.98 Å². The van der Waals surface area contributed by atoms with Gasteiger partial charge >= 0.3 is 0 Å². The molecule has 3 rings (SSSR count). The third-order valence-electron chi connectivity index (χ3n) is 4.22. The molecule has 0 unspecified atom stereocenters. The normalized spacial score (nSPS) is 13.1. The van der Waals surface area contributed by atoms with E-state index in [9.17, 15) is 9.59 Å². The fourth-order valence-corrected chi connectivity index (χ4v) is 3.84. The van der Waals surface area contributed by atoms with Gasteiger partial charge in [0.25, 0.3) is 5.56 Å². The average molecular weight is 328 g/mol. The van der Waals surface area contributed by atoms with Crippen LogP contribution in [-0.2, 0) is 0 Å². The number of fused-ring (bicyclic) bond motifs is 2. The van der Waals surface area contributed by atoms with E-state index >= 15 is 0 Å². The molecule has 0 spiro atoms. The molecule has 2 aromatic heterocycles. The van der Waals surface area contributed by atoms with Crippen molar-refractivity contribution < 1.29 is 0 Å². The summed E-state index contributed by atoms with van der Waals surface area (Å²) < 4.78 is 2.57. The second-order valence-electron chi connectivity index (χ2n) is 6.16. The predicted octanol–water partition coefficient (Wildman–Crippen LogP) is 4.07. The van der Waals surface area contributed by atoms with E-state index in [1.165, 1.54) is 11.3 Å². The van der Waals surface area contributed by atoms with Crippen molar-refractivity contribution in [3.05, 3.63) is 50.7 Å². The van der Waals surface area contributed by atoms with E-state index in [0.717, 1.165) is 16.9 Å². The fraction of sp³-hybridized carbons (Fsp3) is 0.389. The maximum Gasteiger partial charge on any atom is 0.266 e. The van der Waals surface area contributed by atoms with Crippen LogP contribution in [0.4, 0.5) is 0 Å². The van der Waals surface area contributed by atoms with Gasteiger partial charge in [0.15, 0.2) is 0 Å². The monoisotopic (exact) mass is 328 g/mol. The van der Waals surface area contributed by atoms with Gasteiger partial charge in [-0.2, -0.15) is 0 Å². The van der Waals surface area contributed by atoms with Crippen LogP contribution < -0.4 is 11.0 Å². The molecule has 1 aromatic carbocycles. The number of hydrogen-bond acceptors (Lipinski definition) is 4. The molecule has 23 heavy (non-hydrogen) atoms. The second kappa shape index (κ2) is 5.89. The molecule has 0 N–H and O–H groups in total. The summed E-state index contributed by atoms with van der Waals surface area (Å²) in [5.74, 6) is 0.873. The zero-order valence-electron chi connectivity index (χ0n) is 13.8. The maximum absolute atomic E-state index is 13.0. The Morgan fingerprint density at radius 1 is 1.17 bits per heavy atom. The summed E-state index contributed by atoms with van der Waals surface area (Å²) in [6.07, 6.45) is 0.817. The molecule has 0 saturated carbocycles. The van der Waals surface area contributed by atoms with E-state index < -0.39 is 0 Å². The average Bonchev–Trinajstić information content (AvgIpc) is 2.53. The van der Waals surface area contributed by atoms with Gasteiger partial charge in [-0.05, 0) is 25.5 Å². The Labute approximate surface area is 138 Å². The molecule has 0 amide bonds. The van der Waals surface area contributed by atoms with Gasteiger partial charge in [-0.1, -0.05) is 32.9 Å². The minimum absolute atomic E-state index is 0.0210. The molecule has 5 heteroatoms. The summed E-state index contributed by atoms with van der Waals surface area (Å²) in [5, 5.41) is 0.815. The lowest BCUT2D eigenvalue weighted by atomic mass is 10.1. The van der Waals surface area contributed by atoms with Crippen LogP contribution in [-0.4, -0.2) is 9.55 Å². The summed E-state index contributed by atoms with van der Waals surface area (Å²) in [6.45, 7) is 8.08. The highest BCUT2D eigenvalue weighted by Gasteiger charge is 2.20. The number of aromatic nitrogens is 2. The highest BCUT2D eigenvalue weighted by atomic mass is 32.1. The van der Waals surface area contributed by atoms with Crippen molar-refractivity contribution in [3.63, 3.8) is 0 Å². The summed E-state index contributed by atoms with van der Waals surface area (Å²) in [4.78, 5) is 31.1. The molecule has 0 fully saturated rings. The van der Waals surface area contributed by atoms with Crippen molar-refractivity contribution in [3.8, 4) is 0 Å². The number of hydrogen-bond donors (Lipinski definition) is 0. The predicted molar refractivity (Wildman–Crippen MR) is 96.7 cm³/mol. The fourth-order valence-electron chi connectivity index (χ4n) is 2.80. The Hall–Kier alpha value is -2.01. The van der Waals surface area contributed by atoms with Gasteiger partial charge in [0.05, 0.1) is 0 Å². The maximum atomic E-state index is 13.0. The first-order chi connectivity index (χ1) is 11.0. The highest BCUT2D eigenvalue weighted by Crippen LogP contribution is 2.24. The highest BCUT2D eigenvalue weighted by molar-refractivity contribution is 7.24. The second-order valence-corrected chi connectivity index (χ2v) is 7.20. The molecular formula is C18H20N2O2S. The quantitative estimate of drug-likeness (QED) is 0.681. The Balaban J connectivity index is 2.54. The summed E-state index contributed by atoms with van der Waals surface area (Å²) in [6, 6.07) is 7.42. The lowest BCUT2D eigenvalue weighted by Gasteiger charge is -2.20. The lowest BCUT2D eigenvalue weighted by Crippen LogP contribution is -2.31. The first-order valence-electron chi connectivity index (χ1n) is 7.93.